The van der Waals surface area contributed by atoms with Crippen LogP contribution in [0.25, 0.3) is 0 Å². The molecule has 2 aromatic rings. The molecule has 2 rings (SSSR count). The number of nitrogens with zero attached hydrogens (tertiary/aromatic N) is 4. The van der Waals surface area contributed by atoms with E-state index in [2.05, 4.69) is 10.6 Å². The minimum absolute atomic E-state index is 0.207. The van der Waals surface area contributed by atoms with Crippen LogP contribution in [-0.2, 0) is 20.0 Å². The van der Waals surface area contributed by atoms with Crippen molar-refractivity contribution >= 4 is 20.0 Å². The van der Waals surface area contributed by atoms with Gasteiger partial charge in [-0.3, -0.25) is 0 Å². The number of hydrogen-bond donors (Lipinski definition) is 0. The quantitative estimate of drug-likeness (QED) is 0.406. The second-order valence-electron chi connectivity index (χ2n) is 5.45. The van der Waals surface area contributed by atoms with Crippen LogP contribution in [0.5, 0.6) is 11.5 Å². The van der Waals surface area contributed by atoms with E-state index in [4.69, 9.17) is 4.74 Å². The zero-order chi connectivity index (χ0) is 21.7. The Morgan fingerprint density at radius 3 is 1.38 bits per heavy atom. The van der Waals surface area contributed by atoms with Crippen molar-refractivity contribution in [2.75, 3.05) is 13.1 Å². The summed E-state index contributed by atoms with van der Waals surface area (Å²) in [5.74, 6) is -0.446. The van der Waals surface area contributed by atoms with Crippen molar-refractivity contribution < 1.29 is 21.6 Å². The van der Waals surface area contributed by atoms with Crippen LogP contribution in [0.4, 0.5) is 0 Å². The molecule has 2 aromatic carbocycles. The molecule has 0 aliphatic rings. The number of sulfonamides is 2. The number of ether oxygens (including phenoxy) is 1. The molecule has 0 saturated carbocycles. The fraction of sp³-hybridized carbons (Fsp3) is 0.250. The molecule has 13 heteroatoms. The van der Waals surface area contributed by atoms with Crippen molar-refractivity contribution in [3.8, 4) is 11.5 Å². The highest BCUT2D eigenvalue weighted by atomic mass is 32.2. The number of rotatable bonds is 10. The van der Waals surface area contributed by atoms with E-state index in [1.165, 1.54) is 62.4 Å². The van der Waals surface area contributed by atoms with Crippen molar-refractivity contribution in [3.63, 3.8) is 0 Å². The van der Waals surface area contributed by atoms with Gasteiger partial charge in [0, 0.05) is 0 Å². The van der Waals surface area contributed by atoms with E-state index in [0.29, 0.717) is 8.83 Å². The molecule has 0 N–H and O–H groups in total. The molecule has 0 fully saturated rings. The third kappa shape index (κ3) is 4.35. The van der Waals surface area contributed by atoms with Crippen molar-refractivity contribution in [2.45, 2.75) is 23.6 Å². The van der Waals surface area contributed by atoms with Crippen LogP contribution >= 0.6 is 0 Å². The summed E-state index contributed by atoms with van der Waals surface area (Å²) in [6.07, 6.45) is 0. The zero-order valence-electron chi connectivity index (χ0n) is 15.5. The maximum atomic E-state index is 12.7. The van der Waals surface area contributed by atoms with E-state index >= 15 is 0 Å². The molecule has 29 heavy (non-hydrogen) atoms. The summed E-state index contributed by atoms with van der Waals surface area (Å²) in [5, 5.41) is 4.99. The van der Waals surface area contributed by atoms with E-state index in [1.807, 2.05) is 0 Å². The van der Waals surface area contributed by atoms with Crippen LogP contribution in [0.2, 0.25) is 0 Å². The lowest BCUT2D eigenvalue weighted by molar-refractivity contribution is 0.420. The summed E-state index contributed by atoms with van der Waals surface area (Å²) < 4.78 is 56.9. The third-order valence-electron chi connectivity index (χ3n) is 3.75. The number of para-hydroxylation sites is 2. The molecule has 0 heterocycles. The first-order chi connectivity index (χ1) is 13.7. The molecule has 0 bridgehead atoms. The van der Waals surface area contributed by atoms with Crippen LogP contribution in [0.3, 0.4) is 0 Å². The van der Waals surface area contributed by atoms with Gasteiger partial charge in [-0.1, -0.05) is 24.3 Å². The van der Waals surface area contributed by atoms with Crippen LogP contribution in [-0.4, -0.2) is 38.8 Å². The van der Waals surface area contributed by atoms with Crippen LogP contribution in [0.1, 0.15) is 13.8 Å². The highest BCUT2D eigenvalue weighted by Crippen LogP contribution is 2.35. The van der Waals surface area contributed by atoms with Gasteiger partial charge in [0.2, 0.25) is 0 Å². The lowest BCUT2D eigenvalue weighted by Gasteiger charge is -2.19. The van der Waals surface area contributed by atoms with Crippen molar-refractivity contribution in [1.29, 1.82) is 0 Å². The molecule has 0 saturated heterocycles. The molecular formula is C16H18N4O7S2. The van der Waals surface area contributed by atoms with Gasteiger partial charge >= 0.3 is 0 Å². The van der Waals surface area contributed by atoms with Crippen LogP contribution in [0, 0.1) is 9.81 Å². The Labute approximate surface area is 167 Å². The lowest BCUT2D eigenvalue weighted by atomic mass is 10.3. The molecule has 0 unspecified atom stereocenters. The molecule has 0 amide bonds. The summed E-state index contributed by atoms with van der Waals surface area (Å²) in [6, 6.07) is 10.8. The molecule has 0 radical (unpaired) electrons. The average Bonchev–Trinajstić information content (AvgIpc) is 2.70. The molecule has 0 spiro atoms. The monoisotopic (exact) mass is 442 g/mol. The molecular weight excluding hydrogens is 424 g/mol. The first-order valence-corrected chi connectivity index (χ1v) is 11.2. The minimum Gasteiger partial charge on any atom is -0.454 e. The van der Waals surface area contributed by atoms with Gasteiger partial charge in [0.15, 0.2) is 0 Å². The molecule has 156 valence electrons. The average molecular weight is 442 g/mol. The van der Waals surface area contributed by atoms with E-state index in [-0.39, 0.29) is 34.4 Å². The molecule has 11 nitrogen and oxygen atoms in total. The van der Waals surface area contributed by atoms with Crippen molar-refractivity contribution in [3.05, 3.63) is 58.3 Å². The van der Waals surface area contributed by atoms with Gasteiger partial charge in [0.25, 0.3) is 20.0 Å². The maximum absolute atomic E-state index is 12.7. The van der Waals surface area contributed by atoms with E-state index < -0.39 is 20.0 Å². The first kappa shape index (κ1) is 22.2. The predicted octanol–water partition coefficient (Wildman–Crippen LogP) is 2.86. The largest absolute Gasteiger partial charge is 0.454 e. The Bertz CT molecular complexity index is 1020. The minimum atomic E-state index is -4.33. The van der Waals surface area contributed by atoms with E-state index in [0.717, 1.165) is 0 Å². The Balaban J connectivity index is 2.59. The normalized spacial score (nSPS) is 11.5. The maximum Gasteiger partial charge on any atom is 0.285 e. The smallest absolute Gasteiger partial charge is 0.285 e. The molecule has 0 aliphatic carbocycles. The van der Waals surface area contributed by atoms with Gasteiger partial charge in [0.1, 0.15) is 21.3 Å². The van der Waals surface area contributed by atoms with Gasteiger partial charge in [-0.25, -0.2) is 0 Å². The SMILES string of the molecule is CCN(N=O)S(=O)(=O)c1ccccc1Oc1ccccc1S(=O)(=O)N(CC)N=O. The lowest BCUT2D eigenvalue weighted by Crippen LogP contribution is -2.26. The number of nitroso groups, excluding NO2 is 2. The highest BCUT2D eigenvalue weighted by Gasteiger charge is 2.30. The Morgan fingerprint density at radius 2 is 1.07 bits per heavy atom. The van der Waals surface area contributed by atoms with Crippen molar-refractivity contribution in [2.24, 2.45) is 10.6 Å². The van der Waals surface area contributed by atoms with Crippen LogP contribution < -0.4 is 4.74 Å². The van der Waals surface area contributed by atoms with E-state index in [9.17, 15) is 26.6 Å². The highest BCUT2D eigenvalue weighted by molar-refractivity contribution is 7.89. The van der Waals surface area contributed by atoms with Crippen LogP contribution in [0.15, 0.2) is 68.9 Å². The Morgan fingerprint density at radius 1 is 0.724 bits per heavy atom. The zero-order valence-corrected chi connectivity index (χ0v) is 17.1. The van der Waals surface area contributed by atoms with Gasteiger partial charge in [-0.2, -0.15) is 25.7 Å². The summed E-state index contributed by atoms with van der Waals surface area (Å²) in [4.78, 5) is 21.0. The second-order valence-corrected chi connectivity index (χ2v) is 9.07. The Kier molecular flexibility index (Phi) is 6.87. The van der Waals surface area contributed by atoms with Gasteiger partial charge in [-0.15, -0.1) is 9.81 Å². The predicted molar refractivity (Wildman–Crippen MR) is 104 cm³/mol. The summed E-state index contributed by atoms with van der Waals surface area (Å²) >= 11 is 0. The molecule has 0 aliphatic heterocycles. The second kappa shape index (κ2) is 8.96. The summed E-state index contributed by atoms with van der Waals surface area (Å²) in [5.41, 5.74) is 0. The molecule has 0 aromatic heterocycles. The summed E-state index contributed by atoms with van der Waals surface area (Å²) in [7, 11) is -8.65. The third-order valence-corrected chi connectivity index (χ3v) is 7.30. The van der Waals surface area contributed by atoms with Gasteiger partial charge in [0.05, 0.1) is 23.7 Å². The van der Waals surface area contributed by atoms with Gasteiger partial charge < -0.3 is 4.74 Å². The Hall–Kier alpha value is -3.06. The number of benzene rings is 2. The number of hydrogen-bond acceptors (Lipinski definition) is 9. The topological polar surface area (TPSA) is 143 Å². The van der Waals surface area contributed by atoms with E-state index in [1.54, 1.807) is 0 Å². The standard InChI is InChI=1S/C16H18N4O7S2/c1-3-19(17-21)28(23,24)15-11-7-5-9-13(15)27-14-10-6-8-12-16(14)29(25,26)20(4-2)18-22/h5-12H,3-4H2,1-2H3. The van der Waals surface area contributed by atoms with Gasteiger partial charge in [-0.05, 0) is 38.1 Å². The summed E-state index contributed by atoms with van der Waals surface area (Å²) in [6.45, 7) is 2.44. The molecule has 0 atom stereocenters. The van der Waals surface area contributed by atoms with Crippen molar-refractivity contribution in [1.82, 2.24) is 8.83 Å². The first-order valence-electron chi connectivity index (χ1n) is 8.31. The fourth-order valence-corrected chi connectivity index (χ4v) is 4.92. The fourth-order valence-electron chi connectivity index (χ4n) is 2.38.